The van der Waals surface area contributed by atoms with E-state index in [9.17, 15) is 4.79 Å². The molecule has 1 aromatic heterocycles. The van der Waals surface area contributed by atoms with Crippen molar-refractivity contribution < 1.29 is 4.79 Å². The van der Waals surface area contributed by atoms with Crippen molar-refractivity contribution in [2.75, 3.05) is 13.1 Å². The van der Waals surface area contributed by atoms with Crippen LogP contribution in [0, 0.1) is 0 Å². The summed E-state index contributed by atoms with van der Waals surface area (Å²) in [6, 6.07) is 7.93. The highest BCUT2D eigenvalue weighted by Gasteiger charge is 2.27. The molecule has 1 aliphatic rings. The van der Waals surface area contributed by atoms with E-state index in [1.54, 1.807) is 0 Å². The van der Waals surface area contributed by atoms with Gasteiger partial charge in [0, 0.05) is 5.02 Å². The van der Waals surface area contributed by atoms with E-state index < -0.39 is 5.91 Å². The molecule has 7 heteroatoms. The minimum atomic E-state index is -0.416. The molecule has 2 heterocycles. The summed E-state index contributed by atoms with van der Waals surface area (Å²) >= 11 is 6.10. The lowest BCUT2D eigenvalue weighted by Gasteiger charge is -2.25. The van der Waals surface area contributed by atoms with Crippen LogP contribution in [0.25, 0.3) is 0 Å². The van der Waals surface area contributed by atoms with Gasteiger partial charge in [0.25, 0.3) is 0 Å². The number of rotatable bonds is 7. The highest BCUT2D eigenvalue weighted by atomic mass is 35.5. The van der Waals surface area contributed by atoms with Crippen molar-refractivity contribution in [2.24, 2.45) is 5.73 Å². The molecule has 0 aliphatic carbocycles. The van der Waals surface area contributed by atoms with E-state index in [1.165, 1.54) is 12.8 Å². The minimum Gasteiger partial charge on any atom is -0.369 e. The van der Waals surface area contributed by atoms with Crippen molar-refractivity contribution >= 4 is 17.5 Å². The fourth-order valence-corrected chi connectivity index (χ4v) is 3.67. The van der Waals surface area contributed by atoms with Crippen LogP contribution in [0.1, 0.15) is 49.4 Å². The number of hydrogen-bond acceptors (Lipinski definition) is 4. The number of carbonyl (C=O) groups is 1. The van der Waals surface area contributed by atoms with Crippen molar-refractivity contribution in [3.8, 4) is 0 Å². The Hall–Kier alpha value is -1.92. The van der Waals surface area contributed by atoms with Gasteiger partial charge in [-0.3, -0.25) is 9.69 Å². The van der Waals surface area contributed by atoms with Crippen molar-refractivity contribution in [3.05, 3.63) is 46.5 Å². The van der Waals surface area contributed by atoms with E-state index in [0.717, 1.165) is 30.9 Å². The highest BCUT2D eigenvalue weighted by molar-refractivity contribution is 6.30. The third-order valence-electron chi connectivity index (χ3n) is 4.56. The Labute approximate surface area is 153 Å². The SMILES string of the molecule is CCC(c1nc(CC(N)=O)nn1Cc1cccc(Cl)c1)N1CCCC1. The van der Waals surface area contributed by atoms with Crippen LogP contribution in [0.2, 0.25) is 5.02 Å². The number of halogens is 1. The number of benzene rings is 1. The maximum Gasteiger partial charge on any atom is 0.225 e. The summed E-state index contributed by atoms with van der Waals surface area (Å²) in [4.78, 5) is 18.4. The second-order valence-electron chi connectivity index (χ2n) is 6.48. The molecule has 3 rings (SSSR count). The maximum absolute atomic E-state index is 11.3. The Morgan fingerprint density at radius 1 is 1.36 bits per heavy atom. The maximum atomic E-state index is 11.3. The molecule has 6 nitrogen and oxygen atoms in total. The van der Waals surface area contributed by atoms with Gasteiger partial charge < -0.3 is 5.73 Å². The van der Waals surface area contributed by atoms with Crippen LogP contribution >= 0.6 is 11.6 Å². The van der Waals surface area contributed by atoms with Crippen LogP contribution in [0.15, 0.2) is 24.3 Å². The molecule has 1 aromatic carbocycles. The largest absolute Gasteiger partial charge is 0.369 e. The zero-order valence-electron chi connectivity index (χ0n) is 14.5. The fourth-order valence-electron chi connectivity index (χ4n) is 3.46. The van der Waals surface area contributed by atoms with E-state index in [0.29, 0.717) is 17.4 Å². The first-order chi connectivity index (χ1) is 12.1. The monoisotopic (exact) mass is 361 g/mol. The predicted octanol–water partition coefficient (Wildman–Crippen LogP) is 2.55. The molecule has 134 valence electrons. The smallest absolute Gasteiger partial charge is 0.225 e. The summed E-state index contributed by atoms with van der Waals surface area (Å²) in [5.74, 6) is 0.975. The number of hydrogen-bond donors (Lipinski definition) is 1. The summed E-state index contributed by atoms with van der Waals surface area (Å²) in [7, 11) is 0. The van der Waals surface area contributed by atoms with Crippen LogP contribution in [0.5, 0.6) is 0 Å². The van der Waals surface area contributed by atoms with Gasteiger partial charge in [-0.2, -0.15) is 5.10 Å². The second-order valence-corrected chi connectivity index (χ2v) is 6.92. The van der Waals surface area contributed by atoms with Crippen LogP contribution < -0.4 is 5.73 Å². The molecule has 0 spiro atoms. The lowest BCUT2D eigenvalue weighted by atomic mass is 10.1. The first-order valence-corrected chi connectivity index (χ1v) is 9.15. The molecular formula is C18H24ClN5O. The molecule has 0 saturated carbocycles. The number of primary amides is 1. The normalized spacial score (nSPS) is 16.2. The Kier molecular flexibility index (Phi) is 5.71. The van der Waals surface area contributed by atoms with E-state index in [2.05, 4.69) is 21.9 Å². The zero-order valence-corrected chi connectivity index (χ0v) is 15.2. The number of amides is 1. The van der Waals surface area contributed by atoms with E-state index in [-0.39, 0.29) is 12.5 Å². The predicted molar refractivity (Wildman–Crippen MR) is 97.3 cm³/mol. The molecule has 1 fully saturated rings. The van der Waals surface area contributed by atoms with Gasteiger partial charge in [-0.1, -0.05) is 30.7 Å². The fraction of sp³-hybridized carbons (Fsp3) is 0.500. The van der Waals surface area contributed by atoms with Gasteiger partial charge in [-0.15, -0.1) is 0 Å². The lowest BCUT2D eigenvalue weighted by molar-refractivity contribution is -0.117. The molecule has 1 unspecified atom stereocenters. The van der Waals surface area contributed by atoms with E-state index in [4.69, 9.17) is 17.3 Å². The van der Waals surface area contributed by atoms with Gasteiger partial charge in [-0.25, -0.2) is 9.67 Å². The van der Waals surface area contributed by atoms with Crippen LogP contribution in [0.3, 0.4) is 0 Å². The Morgan fingerprint density at radius 3 is 2.76 bits per heavy atom. The Balaban J connectivity index is 1.93. The highest BCUT2D eigenvalue weighted by Crippen LogP contribution is 2.27. The Morgan fingerprint density at radius 2 is 2.12 bits per heavy atom. The van der Waals surface area contributed by atoms with Crippen molar-refractivity contribution in [2.45, 2.75) is 45.2 Å². The number of nitrogens with zero attached hydrogens (tertiary/aromatic N) is 4. The van der Waals surface area contributed by atoms with E-state index >= 15 is 0 Å². The molecule has 1 amide bonds. The van der Waals surface area contributed by atoms with Crippen molar-refractivity contribution in [3.63, 3.8) is 0 Å². The standard InChI is InChI=1S/C18H24ClN5O/c1-2-15(23-8-3-4-9-23)18-21-17(11-16(20)25)22-24(18)12-13-6-5-7-14(19)10-13/h5-7,10,15H,2-4,8-9,11-12H2,1H3,(H2,20,25). The van der Waals surface area contributed by atoms with Crippen molar-refractivity contribution in [1.29, 1.82) is 0 Å². The van der Waals surface area contributed by atoms with Crippen LogP contribution in [-0.4, -0.2) is 38.7 Å². The quantitative estimate of drug-likeness (QED) is 0.822. The Bertz CT molecular complexity index is 739. The third-order valence-corrected chi connectivity index (χ3v) is 4.80. The van der Waals surface area contributed by atoms with Crippen LogP contribution in [-0.2, 0) is 17.8 Å². The van der Waals surface area contributed by atoms with Crippen molar-refractivity contribution in [1.82, 2.24) is 19.7 Å². The number of likely N-dealkylation sites (tertiary alicyclic amines) is 1. The van der Waals surface area contributed by atoms with Gasteiger partial charge >= 0.3 is 0 Å². The van der Waals surface area contributed by atoms with E-state index in [1.807, 2.05) is 28.9 Å². The first-order valence-electron chi connectivity index (χ1n) is 8.77. The van der Waals surface area contributed by atoms with Crippen LogP contribution in [0.4, 0.5) is 0 Å². The first kappa shape index (κ1) is 17.9. The average molecular weight is 362 g/mol. The van der Waals surface area contributed by atoms with Gasteiger partial charge in [0.05, 0.1) is 19.0 Å². The van der Waals surface area contributed by atoms with Gasteiger partial charge in [0.2, 0.25) is 5.91 Å². The molecule has 25 heavy (non-hydrogen) atoms. The summed E-state index contributed by atoms with van der Waals surface area (Å²) in [5, 5.41) is 5.25. The molecule has 0 bridgehead atoms. The molecule has 1 atom stereocenters. The van der Waals surface area contributed by atoms with Gasteiger partial charge in [0.15, 0.2) is 5.82 Å². The number of carbonyl (C=O) groups excluding carboxylic acids is 1. The molecular weight excluding hydrogens is 338 g/mol. The van der Waals surface area contributed by atoms with Gasteiger partial charge in [0.1, 0.15) is 5.82 Å². The average Bonchev–Trinajstić information content (AvgIpc) is 3.19. The summed E-state index contributed by atoms with van der Waals surface area (Å²) in [5.41, 5.74) is 6.39. The second kappa shape index (κ2) is 7.97. The summed E-state index contributed by atoms with van der Waals surface area (Å²) in [6.45, 7) is 4.89. The minimum absolute atomic E-state index is 0.0615. The third kappa shape index (κ3) is 4.38. The lowest BCUT2D eigenvalue weighted by Crippen LogP contribution is -2.28. The summed E-state index contributed by atoms with van der Waals surface area (Å²) < 4.78 is 1.90. The summed E-state index contributed by atoms with van der Waals surface area (Å²) in [6.07, 6.45) is 3.44. The molecule has 2 N–H and O–H groups in total. The molecule has 2 aromatic rings. The molecule has 1 aliphatic heterocycles. The number of aromatic nitrogens is 3. The zero-order chi connectivity index (χ0) is 17.8. The topological polar surface area (TPSA) is 77.0 Å². The van der Waals surface area contributed by atoms with Gasteiger partial charge in [-0.05, 0) is 50.0 Å². The molecule has 1 saturated heterocycles. The molecule has 0 radical (unpaired) electrons. The number of nitrogens with two attached hydrogens (primary N) is 1.